The fourth-order valence-corrected chi connectivity index (χ4v) is 2.99. The smallest absolute Gasteiger partial charge is 0.236 e. The zero-order chi connectivity index (χ0) is 12.8. The average molecular weight is 258 g/mol. The molecular weight excluding hydrogens is 232 g/mol. The van der Waals surface area contributed by atoms with E-state index in [9.17, 15) is 4.79 Å². The zero-order valence-corrected chi connectivity index (χ0v) is 12.3. The number of rotatable bonds is 6. The molecule has 1 rings (SSSR count). The van der Waals surface area contributed by atoms with Crippen LogP contribution in [0.15, 0.2) is 0 Å². The van der Waals surface area contributed by atoms with Gasteiger partial charge in [0.05, 0.1) is 6.04 Å². The number of thioether (sulfide) groups is 1. The number of hydrogen-bond acceptors (Lipinski definition) is 3. The first-order valence-electron chi connectivity index (χ1n) is 6.59. The Morgan fingerprint density at radius 1 is 1.35 bits per heavy atom. The summed E-state index contributed by atoms with van der Waals surface area (Å²) in [7, 11) is 0. The highest BCUT2D eigenvalue weighted by Crippen LogP contribution is 2.28. The monoisotopic (exact) mass is 258 g/mol. The first kappa shape index (κ1) is 14.8. The first-order valence-corrected chi connectivity index (χ1v) is 7.88. The lowest BCUT2D eigenvalue weighted by Crippen LogP contribution is -2.46. The maximum Gasteiger partial charge on any atom is 0.236 e. The summed E-state index contributed by atoms with van der Waals surface area (Å²) in [5.74, 6) is 0.643. The molecule has 0 spiro atoms. The van der Waals surface area contributed by atoms with Gasteiger partial charge in [-0.25, -0.2) is 0 Å². The fraction of sp³-hybridized carbons (Fsp3) is 0.923. The van der Waals surface area contributed by atoms with Crippen LogP contribution in [0.3, 0.4) is 0 Å². The predicted octanol–water partition coefficient (Wildman–Crippen LogP) is 2.02. The van der Waals surface area contributed by atoms with Crippen molar-refractivity contribution in [3.05, 3.63) is 0 Å². The van der Waals surface area contributed by atoms with E-state index in [2.05, 4.69) is 30.7 Å². The minimum atomic E-state index is -0.0700. The van der Waals surface area contributed by atoms with Gasteiger partial charge < -0.3 is 10.6 Å². The van der Waals surface area contributed by atoms with Crippen LogP contribution in [-0.4, -0.2) is 36.0 Å². The van der Waals surface area contributed by atoms with Gasteiger partial charge in [0, 0.05) is 17.8 Å². The summed E-state index contributed by atoms with van der Waals surface area (Å²) in [6, 6.07) is 0.451. The van der Waals surface area contributed by atoms with E-state index >= 15 is 0 Å². The van der Waals surface area contributed by atoms with E-state index in [1.54, 1.807) is 0 Å². The topological polar surface area (TPSA) is 41.1 Å². The molecule has 3 nitrogen and oxygen atoms in total. The predicted molar refractivity (Wildman–Crippen MR) is 75.4 cm³/mol. The maximum absolute atomic E-state index is 11.8. The van der Waals surface area contributed by atoms with Crippen LogP contribution in [0.4, 0.5) is 0 Å². The average Bonchev–Trinajstić information content (AvgIpc) is 2.73. The molecule has 0 saturated heterocycles. The Hall–Kier alpha value is -0.220. The Bertz CT molecular complexity index is 246. The Labute approximate surface area is 109 Å². The molecule has 1 amide bonds. The minimum Gasteiger partial charge on any atom is -0.354 e. The number of nitrogens with one attached hydrogen (secondary N) is 2. The minimum absolute atomic E-state index is 0.0700. The largest absolute Gasteiger partial charge is 0.354 e. The lowest BCUT2D eigenvalue weighted by Gasteiger charge is -2.19. The summed E-state index contributed by atoms with van der Waals surface area (Å²) in [5.41, 5.74) is 0. The van der Waals surface area contributed by atoms with Crippen LogP contribution in [0.1, 0.15) is 40.0 Å². The van der Waals surface area contributed by atoms with Gasteiger partial charge in [-0.3, -0.25) is 4.79 Å². The summed E-state index contributed by atoms with van der Waals surface area (Å²) in [6.45, 7) is 6.95. The molecule has 0 aliphatic heterocycles. The van der Waals surface area contributed by atoms with Gasteiger partial charge in [-0.1, -0.05) is 13.8 Å². The second kappa shape index (κ2) is 7.27. The Morgan fingerprint density at radius 2 is 2.06 bits per heavy atom. The van der Waals surface area contributed by atoms with Crippen LogP contribution in [0.25, 0.3) is 0 Å². The number of carbonyl (C=O) groups excluding carboxylic acids is 1. The molecule has 0 bridgehead atoms. The third-order valence-corrected chi connectivity index (χ3v) is 4.38. The molecule has 0 aromatic heterocycles. The van der Waals surface area contributed by atoms with E-state index in [-0.39, 0.29) is 11.9 Å². The Kier molecular flexibility index (Phi) is 6.34. The molecule has 0 aromatic rings. The highest BCUT2D eigenvalue weighted by Gasteiger charge is 2.26. The van der Waals surface area contributed by atoms with E-state index in [0.717, 1.165) is 11.8 Å². The molecule has 1 fully saturated rings. The maximum atomic E-state index is 11.8. The molecule has 1 saturated carbocycles. The zero-order valence-electron chi connectivity index (χ0n) is 11.5. The Morgan fingerprint density at radius 3 is 2.59 bits per heavy atom. The van der Waals surface area contributed by atoms with Gasteiger partial charge in [0.25, 0.3) is 0 Å². The molecule has 2 N–H and O–H groups in total. The van der Waals surface area contributed by atoms with Crippen molar-refractivity contribution in [1.82, 2.24) is 10.6 Å². The van der Waals surface area contributed by atoms with E-state index in [4.69, 9.17) is 0 Å². The van der Waals surface area contributed by atoms with E-state index in [0.29, 0.717) is 12.0 Å². The van der Waals surface area contributed by atoms with Crippen molar-refractivity contribution in [3.63, 3.8) is 0 Å². The molecule has 100 valence electrons. The molecule has 17 heavy (non-hydrogen) atoms. The SMILES string of the molecule is CSC1CCC(NC(C)C(=O)NCC(C)C)C1. The number of amides is 1. The van der Waals surface area contributed by atoms with E-state index in [1.807, 2.05) is 18.7 Å². The van der Waals surface area contributed by atoms with Gasteiger partial charge >= 0.3 is 0 Å². The van der Waals surface area contributed by atoms with Crippen molar-refractivity contribution in [2.45, 2.75) is 57.4 Å². The van der Waals surface area contributed by atoms with Gasteiger partial charge in [0.15, 0.2) is 0 Å². The third-order valence-electron chi connectivity index (χ3n) is 3.28. The standard InChI is InChI=1S/C13H26N2OS/c1-9(2)8-14-13(16)10(3)15-11-5-6-12(7-11)17-4/h9-12,15H,5-8H2,1-4H3,(H,14,16). The molecule has 3 unspecified atom stereocenters. The van der Waals surface area contributed by atoms with E-state index < -0.39 is 0 Å². The quantitative estimate of drug-likeness (QED) is 0.766. The number of hydrogen-bond donors (Lipinski definition) is 2. The van der Waals surface area contributed by atoms with Gasteiger partial charge in [-0.05, 0) is 38.4 Å². The summed E-state index contributed by atoms with van der Waals surface area (Å²) in [4.78, 5) is 11.8. The molecule has 1 aliphatic rings. The van der Waals surface area contributed by atoms with Crippen LogP contribution >= 0.6 is 11.8 Å². The van der Waals surface area contributed by atoms with Crippen molar-refractivity contribution < 1.29 is 4.79 Å². The fourth-order valence-electron chi connectivity index (χ4n) is 2.19. The summed E-state index contributed by atoms with van der Waals surface area (Å²) < 4.78 is 0. The van der Waals surface area contributed by atoms with Gasteiger partial charge in [0.1, 0.15) is 0 Å². The molecule has 0 radical (unpaired) electrons. The molecule has 1 aliphatic carbocycles. The number of carbonyl (C=O) groups is 1. The second-order valence-electron chi connectivity index (χ2n) is 5.40. The van der Waals surface area contributed by atoms with Crippen LogP contribution in [-0.2, 0) is 4.79 Å². The molecule has 0 aromatic carbocycles. The van der Waals surface area contributed by atoms with Gasteiger partial charge in [0.2, 0.25) is 5.91 Å². The van der Waals surface area contributed by atoms with Crippen molar-refractivity contribution in [3.8, 4) is 0 Å². The van der Waals surface area contributed by atoms with Crippen molar-refractivity contribution in [1.29, 1.82) is 0 Å². The van der Waals surface area contributed by atoms with Crippen LogP contribution in [0.2, 0.25) is 0 Å². The van der Waals surface area contributed by atoms with Crippen LogP contribution in [0, 0.1) is 5.92 Å². The van der Waals surface area contributed by atoms with Crippen molar-refractivity contribution in [2.24, 2.45) is 5.92 Å². The molecule has 0 heterocycles. The first-order chi connectivity index (χ1) is 8.02. The van der Waals surface area contributed by atoms with Crippen molar-refractivity contribution >= 4 is 17.7 Å². The molecular formula is C13H26N2OS. The summed E-state index contributed by atoms with van der Waals surface area (Å²) in [5, 5.41) is 7.19. The van der Waals surface area contributed by atoms with Crippen LogP contribution in [0.5, 0.6) is 0 Å². The molecule has 3 atom stereocenters. The van der Waals surface area contributed by atoms with Gasteiger partial charge in [-0.2, -0.15) is 11.8 Å². The van der Waals surface area contributed by atoms with E-state index in [1.165, 1.54) is 19.3 Å². The third kappa shape index (κ3) is 5.30. The highest BCUT2D eigenvalue weighted by atomic mass is 32.2. The molecule has 4 heteroatoms. The van der Waals surface area contributed by atoms with Crippen LogP contribution < -0.4 is 10.6 Å². The Balaban J connectivity index is 2.24. The van der Waals surface area contributed by atoms with Gasteiger partial charge in [-0.15, -0.1) is 0 Å². The lowest BCUT2D eigenvalue weighted by atomic mass is 10.2. The summed E-state index contributed by atoms with van der Waals surface area (Å²) in [6.07, 6.45) is 5.85. The van der Waals surface area contributed by atoms with Crippen molar-refractivity contribution in [2.75, 3.05) is 12.8 Å². The second-order valence-corrected chi connectivity index (χ2v) is 6.53. The summed E-state index contributed by atoms with van der Waals surface area (Å²) >= 11 is 1.95. The lowest BCUT2D eigenvalue weighted by molar-refractivity contribution is -0.123. The highest BCUT2D eigenvalue weighted by molar-refractivity contribution is 7.99. The normalized spacial score (nSPS) is 26.2.